The van der Waals surface area contributed by atoms with E-state index >= 15 is 0 Å². The molecule has 1 saturated carbocycles. The molecule has 5 nitrogen and oxygen atoms in total. The van der Waals surface area contributed by atoms with Crippen molar-refractivity contribution in [3.8, 4) is 34.5 Å². The number of para-hydroxylation sites is 1. The highest BCUT2D eigenvalue weighted by Crippen LogP contribution is 2.31. The lowest BCUT2D eigenvalue weighted by molar-refractivity contribution is 0.142. The highest BCUT2D eigenvalue weighted by molar-refractivity contribution is 5.99. The lowest BCUT2D eigenvalue weighted by Crippen LogP contribution is -2.21. The second-order valence-corrected chi connectivity index (χ2v) is 8.92. The van der Waals surface area contributed by atoms with Gasteiger partial charge in [0.15, 0.2) is 11.6 Å². The summed E-state index contributed by atoms with van der Waals surface area (Å²) in [6.07, 6.45) is 5.70. The molecule has 0 unspecified atom stereocenters. The third-order valence-electron chi connectivity index (χ3n) is 6.55. The second-order valence-electron chi connectivity index (χ2n) is 8.92. The van der Waals surface area contributed by atoms with Crippen molar-refractivity contribution in [2.75, 3.05) is 0 Å². The summed E-state index contributed by atoms with van der Waals surface area (Å²) in [4.78, 5) is 14.0. The molecule has 6 rings (SSSR count). The predicted octanol–water partition coefficient (Wildman–Crippen LogP) is 6.93. The summed E-state index contributed by atoms with van der Waals surface area (Å²) >= 11 is 0. The van der Waals surface area contributed by atoms with E-state index in [0.29, 0.717) is 23.2 Å². The molecule has 5 aromatic rings. The Morgan fingerprint density at radius 1 is 0.647 bits per heavy atom. The van der Waals surface area contributed by atoms with Crippen LogP contribution in [0.25, 0.3) is 44.3 Å². The van der Waals surface area contributed by atoms with Gasteiger partial charge in [0.2, 0.25) is 0 Å². The number of hydrogen-bond acceptors (Lipinski definition) is 5. The van der Waals surface area contributed by atoms with Crippen molar-refractivity contribution in [1.82, 2.24) is 15.0 Å². The number of aromatic hydroxyl groups is 1. The number of aromatic nitrogens is 3. The second kappa shape index (κ2) is 8.75. The molecule has 1 fully saturated rings. The van der Waals surface area contributed by atoms with Crippen LogP contribution in [-0.2, 0) is 0 Å². The number of rotatable bonds is 4. The third kappa shape index (κ3) is 4.05. The minimum absolute atomic E-state index is 0.115. The van der Waals surface area contributed by atoms with Crippen molar-refractivity contribution >= 4 is 21.5 Å². The van der Waals surface area contributed by atoms with E-state index in [-0.39, 0.29) is 11.9 Å². The smallest absolute Gasteiger partial charge is 0.320 e. The molecular weight excluding hydrogens is 422 g/mol. The van der Waals surface area contributed by atoms with Crippen LogP contribution in [0, 0.1) is 0 Å². The molecule has 0 bridgehead atoms. The Morgan fingerprint density at radius 2 is 1.32 bits per heavy atom. The van der Waals surface area contributed by atoms with E-state index in [1.54, 1.807) is 12.1 Å². The Hall–Kier alpha value is -3.99. The molecule has 0 saturated heterocycles. The zero-order chi connectivity index (χ0) is 22.9. The number of hydrogen-bond donors (Lipinski definition) is 1. The monoisotopic (exact) mass is 447 g/mol. The number of ether oxygens (including phenoxy) is 1. The molecule has 0 aliphatic heterocycles. The fraction of sp³-hybridized carbons (Fsp3) is 0.207. The number of nitrogens with zero attached hydrogens (tertiary/aromatic N) is 3. The summed E-state index contributed by atoms with van der Waals surface area (Å²) in [5.41, 5.74) is 1.45. The number of fused-ring (bicyclic) bond motifs is 2. The van der Waals surface area contributed by atoms with Gasteiger partial charge in [-0.05, 0) is 77.6 Å². The number of phenolic OH excluding ortho intramolecular Hbond substituents is 1. The van der Waals surface area contributed by atoms with E-state index in [1.165, 1.54) is 17.2 Å². The summed E-state index contributed by atoms with van der Waals surface area (Å²) in [6, 6.07) is 26.4. The summed E-state index contributed by atoms with van der Waals surface area (Å²) < 4.78 is 6.22. The van der Waals surface area contributed by atoms with Crippen LogP contribution >= 0.6 is 0 Å². The van der Waals surface area contributed by atoms with Crippen LogP contribution in [0.4, 0.5) is 0 Å². The first-order valence-corrected chi connectivity index (χ1v) is 11.9. The average Bonchev–Trinajstić information content (AvgIpc) is 2.88. The predicted molar refractivity (Wildman–Crippen MR) is 135 cm³/mol. The van der Waals surface area contributed by atoms with Gasteiger partial charge in [-0.25, -0.2) is 4.98 Å². The molecule has 0 atom stereocenters. The summed E-state index contributed by atoms with van der Waals surface area (Å²) in [5, 5.41) is 15.1. The summed E-state index contributed by atoms with van der Waals surface area (Å²) in [5.74, 6) is 1.08. The fourth-order valence-electron chi connectivity index (χ4n) is 4.73. The minimum Gasteiger partial charge on any atom is -0.507 e. The van der Waals surface area contributed by atoms with E-state index < -0.39 is 0 Å². The average molecular weight is 448 g/mol. The van der Waals surface area contributed by atoms with E-state index in [9.17, 15) is 5.11 Å². The number of phenols is 1. The van der Waals surface area contributed by atoms with E-state index in [4.69, 9.17) is 14.7 Å². The van der Waals surface area contributed by atoms with Gasteiger partial charge in [-0.2, -0.15) is 9.97 Å². The maximum absolute atomic E-state index is 10.4. The molecule has 1 aromatic heterocycles. The third-order valence-corrected chi connectivity index (χ3v) is 6.55. The largest absolute Gasteiger partial charge is 0.507 e. The van der Waals surface area contributed by atoms with Gasteiger partial charge in [-0.3, -0.25) is 0 Å². The summed E-state index contributed by atoms with van der Waals surface area (Å²) in [7, 11) is 0. The lowest BCUT2D eigenvalue weighted by Gasteiger charge is -2.22. The summed E-state index contributed by atoms with van der Waals surface area (Å²) in [6.45, 7) is 0. The maximum Gasteiger partial charge on any atom is 0.320 e. The highest BCUT2D eigenvalue weighted by Gasteiger charge is 2.19. The first kappa shape index (κ1) is 20.6. The first-order chi connectivity index (χ1) is 16.7. The normalized spacial score (nSPS) is 14.5. The van der Waals surface area contributed by atoms with Crippen molar-refractivity contribution in [2.24, 2.45) is 0 Å². The van der Waals surface area contributed by atoms with E-state index in [1.807, 2.05) is 18.2 Å². The van der Waals surface area contributed by atoms with E-state index in [0.717, 1.165) is 42.0 Å². The van der Waals surface area contributed by atoms with Crippen LogP contribution in [-0.4, -0.2) is 26.2 Å². The Kier molecular flexibility index (Phi) is 5.30. The van der Waals surface area contributed by atoms with Crippen LogP contribution in [0.1, 0.15) is 32.1 Å². The molecule has 0 amide bonds. The van der Waals surface area contributed by atoms with Crippen LogP contribution in [0.5, 0.6) is 11.8 Å². The van der Waals surface area contributed by atoms with Gasteiger partial charge in [0.1, 0.15) is 11.9 Å². The molecule has 4 aromatic carbocycles. The van der Waals surface area contributed by atoms with Gasteiger partial charge < -0.3 is 9.84 Å². The van der Waals surface area contributed by atoms with Crippen molar-refractivity contribution < 1.29 is 9.84 Å². The van der Waals surface area contributed by atoms with Gasteiger partial charge in [0, 0.05) is 5.56 Å². The van der Waals surface area contributed by atoms with Crippen LogP contribution in [0.2, 0.25) is 0 Å². The quantitative estimate of drug-likeness (QED) is 0.303. The number of benzene rings is 4. The Labute approximate surface area is 198 Å². The van der Waals surface area contributed by atoms with Gasteiger partial charge >= 0.3 is 6.01 Å². The Bertz CT molecular complexity index is 1490. The molecule has 168 valence electrons. The zero-order valence-corrected chi connectivity index (χ0v) is 18.8. The molecular formula is C29H25N3O2. The molecule has 1 heterocycles. The molecule has 1 aliphatic rings. The standard InChI is InChI=1S/C29H25N3O2/c33-26-13-7-6-12-25(26)28-30-27(31-29(32-28)34-24-10-2-1-3-11-24)22-15-14-21-16-19-8-4-5-9-20(19)17-23(21)18-22/h4-9,12-18,24,33H,1-3,10-11H2. The van der Waals surface area contributed by atoms with Crippen LogP contribution in [0.15, 0.2) is 78.9 Å². The van der Waals surface area contributed by atoms with Gasteiger partial charge in [-0.1, -0.05) is 55.0 Å². The molecule has 34 heavy (non-hydrogen) atoms. The lowest BCUT2D eigenvalue weighted by atomic mass is 9.98. The zero-order valence-electron chi connectivity index (χ0n) is 18.8. The van der Waals surface area contributed by atoms with Crippen molar-refractivity contribution in [3.05, 3.63) is 78.9 Å². The SMILES string of the molecule is Oc1ccccc1-c1nc(OC2CCCCC2)nc(-c2ccc3cc4ccccc4cc3c2)n1. The van der Waals surface area contributed by atoms with Crippen molar-refractivity contribution in [3.63, 3.8) is 0 Å². The fourth-order valence-corrected chi connectivity index (χ4v) is 4.73. The highest BCUT2D eigenvalue weighted by atomic mass is 16.5. The first-order valence-electron chi connectivity index (χ1n) is 11.9. The van der Waals surface area contributed by atoms with Crippen LogP contribution < -0.4 is 4.74 Å². The van der Waals surface area contributed by atoms with Crippen molar-refractivity contribution in [1.29, 1.82) is 0 Å². The topological polar surface area (TPSA) is 68.1 Å². The molecule has 1 N–H and O–H groups in total. The molecule has 0 radical (unpaired) electrons. The molecule has 1 aliphatic carbocycles. The van der Waals surface area contributed by atoms with Crippen LogP contribution in [0.3, 0.4) is 0 Å². The van der Waals surface area contributed by atoms with Gasteiger partial charge in [-0.15, -0.1) is 0 Å². The molecule has 0 spiro atoms. The van der Waals surface area contributed by atoms with Gasteiger partial charge in [0.25, 0.3) is 0 Å². The van der Waals surface area contributed by atoms with Crippen molar-refractivity contribution in [2.45, 2.75) is 38.2 Å². The maximum atomic E-state index is 10.4. The Balaban J connectivity index is 1.46. The minimum atomic E-state index is 0.115. The van der Waals surface area contributed by atoms with E-state index in [2.05, 4.69) is 53.5 Å². The Morgan fingerprint density at radius 3 is 2.12 bits per heavy atom. The molecule has 5 heteroatoms. The van der Waals surface area contributed by atoms with Gasteiger partial charge in [0.05, 0.1) is 5.56 Å².